The number of hydrogen-bond acceptors (Lipinski definition) is 4. The van der Waals surface area contributed by atoms with E-state index in [0.717, 1.165) is 22.6 Å². The van der Waals surface area contributed by atoms with Gasteiger partial charge in [0.15, 0.2) is 11.8 Å². The molecule has 1 amide bonds. The van der Waals surface area contributed by atoms with E-state index in [4.69, 9.17) is 10.5 Å². The highest BCUT2D eigenvalue weighted by molar-refractivity contribution is 6.00. The quantitative estimate of drug-likeness (QED) is 0.749. The number of anilines is 2. The summed E-state index contributed by atoms with van der Waals surface area (Å²) in [5.74, 6) is 0.639. The lowest BCUT2D eigenvalue weighted by Gasteiger charge is -2.30. The van der Waals surface area contributed by atoms with Crippen molar-refractivity contribution in [3.05, 3.63) is 42.7 Å². The standard InChI is InChI=1S/C17H16N4O2/c1-10-17(22)20(2)14-8-11(5-6-15(14)23-10)13-9-21-7-3-4-12(18)16(21)19-13/h3-10H,18H2,1-2H3. The van der Waals surface area contributed by atoms with E-state index in [9.17, 15) is 4.79 Å². The van der Waals surface area contributed by atoms with Crippen LogP contribution >= 0.6 is 0 Å². The molecule has 1 aromatic carbocycles. The van der Waals surface area contributed by atoms with E-state index in [-0.39, 0.29) is 5.91 Å². The Hall–Kier alpha value is -3.02. The number of ether oxygens (including phenoxy) is 1. The number of nitrogen functional groups attached to an aromatic ring is 1. The lowest BCUT2D eigenvalue weighted by Crippen LogP contribution is -2.41. The maximum atomic E-state index is 12.1. The Balaban J connectivity index is 1.83. The van der Waals surface area contributed by atoms with Gasteiger partial charge in [-0.05, 0) is 37.3 Å². The maximum absolute atomic E-state index is 12.1. The molecule has 1 unspecified atom stereocenters. The average Bonchev–Trinajstić information content (AvgIpc) is 2.98. The molecule has 0 fully saturated rings. The maximum Gasteiger partial charge on any atom is 0.267 e. The largest absolute Gasteiger partial charge is 0.479 e. The van der Waals surface area contributed by atoms with E-state index in [1.54, 1.807) is 18.9 Å². The number of nitrogens with zero attached hydrogens (tertiary/aromatic N) is 3. The van der Waals surface area contributed by atoms with Gasteiger partial charge in [0, 0.05) is 25.0 Å². The molecule has 23 heavy (non-hydrogen) atoms. The first-order valence-electron chi connectivity index (χ1n) is 7.36. The van der Waals surface area contributed by atoms with Crippen molar-refractivity contribution in [1.29, 1.82) is 0 Å². The Morgan fingerprint density at radius 2 is 2.13 bits per heavy atom. The molecule has 4 rings (SSSR count). The summed E-state index contributed by atoms with van der Waals surface area (Å²) in [4.78, 5) is 18.3. The third-order valence-corrected chi connectivity index (χ3v) is 4.11. The van der Waals surface area contributed by atoms with Crippen LogP contribution < -0.4 is 15.4 Å². The number of amides is 1. The van der Waals surface area contributed by atoms with Crippen molar-refractivity contribution in [1.82, 2.24) is 9.38 Å². The number of imidazole rings is 1. The number of fused-ring (bicyclic) bond motifs is 2. The normalized spacial score (nSPS) is 17.2. The van der Waals surface area contributed by atoms with Crippen molar-refractivity contribution in [2.75, 3.05) is 17.7 Å². The van der Waals surface area contributed by atoms with Crippen LogP contribution in [0.15, 0.2) is 42.7 Å². The summed E-state index contributed by atoms with van der Waals surface area (Å²) >= 11 is 0. The van der Waals surface area contributed by atoms with Crippen molar-refractivity contribution >= 4 is 22.9 Å². The number of aromatic nitrogens is 2. The van der Waals surface area contributed by atoms with Gasteiger partial charge in [-0.3, -0.25) is 4.79 Å². The van der Waals surface area contributed by atoms with Crippen molar-refractivity contribution < 1.29 is 9.53 Å². The molecule has 0 aliphatic carbocycles. The highest BCUT2D eigenvalue weighted by Crippen LogP contribution is 2.36. The van der Waals surface area contributed by atoms with Crippen LogP contribution in [-0.4, -0.2) is 28.4 Å². The second kappa shape index (κ2) is 4.74. The fourth-order valence-corrected chi connectivity index (χ4v) is 2.84. The van der Waals surface area contributed by atoms with Gasteiger partial charge in [-0.2, -0.15) is 0 Å². The summed E-state index contributed by atoms with van der Waals surface area (Å²) in [7, 11) is 1.76. The van der Waals surface area contributed by atoms with Gasteiger partial charge in [-0.25, -0.2) is 4.98 Å². The molecule has 3 heterocycles. The molecule has 0 saturated heterocycles. The molecule has 3 aromatic rings. The number of likely N-dealkylation sites (N-methyl/N-ethyl adjacent to an activating group) is 1. The van der Waals surface area contributed by atoms with Gasteiger partial charge < -0.3 is 19.8 Å². The second-order valence-electron chi connectivity index (χ2n) is 5.66. The third-order valence-electron chi connectivity index (χ3n) is 4.11. The molecule has 2 aromatic heterocycles. The Labute approximate surface area is 133 Å². The molecule has 6 heteroatoms. The van der Waals surface area contributed by atoms with Crippen LogP contribution in [0.1, 0.15) is 6.92 Å². The third kappa shape index (κ3) is 2.03. The van der Waals surface area contributed by atoms with E-state index in [2.05, 4.69) is 4.98 Å². The Morgan fingerprint density at radius 1 is 1.30 bits per heavy atom. The van der Waals surface area contributed by atoms with Crippen LogP contribution in [0.4, 0.5) is 11.4 Å². The first kappa shape index (κ1) is 13.6. The molecule has 1 aliphatic heterocycles. The van der Waals surface area contributed by atoms with E-state index in [0.29, 0.717) is 11.4 Å². The van der Waals surface area contributed by atoms with Crippen molar-refractivity contribution in [3.8, 4) is 17.0 Å². The number of carbonyl (C=O) groups is 1. The minimum atomic E-state index is -0.464. The highest BCUT2D eigenvalue weighted by Gasteiger charge is 2.29. The monoisotopic (exact) mass is 308 g/mol. The summed E-state index contributed by atoms with van der Waals surface area (Å²) in [6, 6.07) is 9.42. The van der Waals surface area contributed by atoms with Crippen molar-refractivity contribution in [2.24, 2.45) is 0 Å². The second-order valence-corrected chi connectivity index (χ2v) is 5.66. The molecular formula is C17H16N4O2. The zero-order valence-corrected chi connectivity index (χ0v) is 12.9. The van der Waals surface area contributed by atoms with Crippen LogP contribution in [0.5, 0.6) is 5.75 Å². The zero-order valence-electron chi connectivity index (χ0n) is 12.9. The summed E-state index contributed by atoms with van der Waals surface area (Å²) in [5.41, 5.74) is 9.75. The van der Waals surface area contributed by atoms with Gasteiger partial charge in [0.2, 0.25) is 0 Å². The van der Waals surface area contributed by atoms with Crippen LogP contribution in [-0.2, 0) is 4.79 Å². The lowest BCUT2D eigenvalue weighted by atomic mass is 10.1. The first-order chi connectivity index (χ1) is 11.0. The molecule has 0 bridgehead atoms. The van der Waals surface area contributed by atoms with Crippen molar-refractivity contribution in [3.63, 3.8) is 0 Å². The van der Waals surface area contributed by atoms with Crippen LogP contribution in [0.2, 0.25) is 0 Å². The summed E-state index contributed by atoms with van der Waals surface area (Å²) in [5, 5.41) is 0. The van der Waals surface area contributed by atoms with Gasteiger partial charge in [0.1, 0.15) is 5.75 Å². The number of hydrogen-bond donors (Lipinski definition) is 1. The van der Waals surface area contributed by atoms with Crippen LogP contribution in [0.3, 0.4) is 0 Å². The van der Waals surface area contributed by atoms with E-state index >= 15 is 0 Å². The van der Waals surface area contributed by atoms with Crippen LogP contribution in [0.25, 0.3) is 16.9 Å². The Bertz CT molecular complexity index is 931. The summed E-state index contributed by atoms with van der Waals surface area (Å²) < 4.78 is 7.53. The van der Waals surface area contributed by atoms with Gasteiger partial charge in [0.05, 0.1) is 17.1 Å². The number of carbonyl (C=O) groups excluding carboxylic acids is 1. The van der Waals surface area contributed by atoms with Gasteiger partial charge in [-0.15, -0.1) is 0 Å². The minimum absolute atomic E-state index is 0.0612. The topological polar surface area (TPSA) is 72.9 Å². The summed E-state index contributed by atoms with van der Waals surface area (Å²) in [6.45, 7) is 1.75. The number of rotatable bonds is 1. The van der Waals surface area contributed by atoms with E-state index in [1.807, 2.05) is 47.1 Å². The smallest absolute Gasteiger partial charge is 0.267 e. The van der Waals surface area contributed by atoms with Crippen LogP contribution in [0, 0.1) is 0 Å². The fourth-order valence-electron chi connectivity index (χ4n) is 2.84. The Morgan fingerprint density at radius 3 is 2.91 bits per heavy atom. The predicted octanol–water partition coefficient (Wildman–Crippen LogP) is 2.33. The average molecular weight is 308 g/mol. The molecule has 1 atom stereocenters. The van der Waals surface area contributed by atoms with E-state index in [1.165, 1.54) is 0 Å². The van der Waals surface area contributed by atoms with Gasteiger partial charge in [-0.1, -0.05) is 0 Å². The molecule has 1 aliphatic rings. The van der Waals surface area contributed by atoms with Gasteiger partial charge >= 0.3 is 0 Å². The number of pyridine rings is 1. The van der Waals surface area contributed by atoms with Gasteiger partial charge in [0.25, 0.3) is 5.91 Å². The molecule has 0 radical (unpaired) electrons. The van der Waals surface area contributed by atoms with Crippen molar-refractivity contribution in [2.45, 2.75) is 13.0 Å². The molecular weight excluding hydrogens is 292 g/mol. The molecule has 2 N–H and O–H groups in total. The number of nitrogens with two attached hydrogens (primary N) is 1. The Kier molecular flexibility index (Phi) is 2.81. The molecule has 0 spiro atoms. The molecule has 116 valence electrons. The zero-order chi connectivity index (χ0) is 16.1. The lowest BCUT2D eigenvalue weighted by molar-refractivity contribution is -0.125. The summed E-state index contributed by atoms with van der Waals surface area (Å²) in [6.07, 6.45) is 3.36. The highest BCUT2D eigenvalue weighted by atomic mass is 16.5. The predicted molar refractivity (Wildman–Crippen MR) is 88.5 cm³/mol. The molecule has 0 saturated carbocycles. The fraction of sp³-hybridized carbons (Fsp3) is 0.176. The number of benzene rings is 1. The minimum Gasteiger partial charge on any atom is -0.479 e. The molecule has 6 nitrogen and oxygen atoms in total. The SMILES string of the molecule is CC1Oc2ccc(-c3cn4cccc(N)c4n3)cc2N(C)C1=O. The van der Waals surface area contributed by atoms with E-state index < -0.39 is 6.10 Å². The first-order valence-corrected chi connectivity index (χ1v) is 7.36.